The van der Waals surface area contributed by atoms with Gasteiger partial charge in [0.1, 0.15) is 17.4 Å². The Hall–Kier alpha value is -1.08. The highest BCUT2D eigenvalue weighted by atomic mass is 79.9. The third-order valence-electron chi connectivity index (χ3n) is 1.48. The SMILES string of the molecule is CC.CC.CCOc1cc(CBr)ncc1C#N. The van der Waals surface area contributed by atoms with Crippen LogP contribution in [0, 0.1) is 11.3 Å². The number of halogens is 1. The van der Waals surface area contributed by atoms with Crippen molar-refractivity contribution in [1.82, 2.24) is 4.98 Å². The van der Waals surface area contributed by atoms with Crippen LogP contribution in [0.4, 0.5) is 0 Å². The van der Waals surface area contributed by atoms with Crippen molar-refractivity contribution in [3.8, 4) is 11.8 Å². The van der Waals surface area contributed by atoms with E-state index in [2.05, 4.69) is 20.9 Å². The van der Waals surface area contributed by atoms with E-state index in [1.54, 1.807) is 6.07 Å². The van der Waals surface area contributed by atoms with Gasteiger partial charge in [-0.1, -0.05) is 43.6 Å². The smallest absolute Gasteiger partial charge is 0.140 e. The number of hydrogen-bond donors (Lipinski definition) is 0. The van der Waals surface area contributed by atoms with E-state index in [0.29, 0.717) is 23.2 Å². The number of pyridine rings is 1. The van der Waals surface area contributed by atoms with Crippen molar-refractivity contribution >= 4 is 15.9 Å². The van der Waals surface area contributed by atoms with Crippen LogP contribution >= 0.6 is 15.9 Å². The zero-order valence-corrected chi connectivity index (χ0v) is 12.8. The van der Waals surface area contributed by atoms with Gasteiger partial charge in [0.15, 0.2) is 0 Å². The van der Waals surface area contributed by atoms with Crippen LogP contribution < -0.4 is 4.74 Å². The molecule has 0 N–H and O–H groups in total. The van der Waals surface area contributed by atoms with Crippen LogP contribution in [0.25, 0.3) is 0 Å². The van der Waals surface area contributed by atoms with Crippen LogP contribution in [0.5, 0.6) is 5.75 Å². The molecule has 0 bridgehead atoms. The molecule has 1 aromatic heterocycles. The Morgan fingerprint density at radius 3 is 2.35 bits per heavy atom. The average Bonchev–Trinajstić information content (AvgIpc) is 2.43. The van der Waals surface area contributed by atoms with Crippen LogP contribution in [0.15, 0.2) is 12.3 Å². The largest absolute Gasteiger partial charge is 0.492 e. The molecule has 3 nitrogen and oxygen atoms in total. The highest BCUT2D eigenvalue weighted by molar-refractivity contribution is 9.08. The van der Waals surface area contributed by atoms with Crippen molar-refractivity contribution in [3.63, 3.8) is 0 Å². The zero-order chi connectivity index (χ0) is 13.7. The van der Waals surface area contributed by atoms with E-state index in [0.717, 1.165) is 5.69 Å². The van der Waals surface area contributed by atoms with Gasteiger partial charge < -0.3 is 4.74 Å². The fraction of sp³-hybridized carbons (Fsp3) is 0.538. The monoisotopic (exact) mass is 300 g/mol. The summed E-state index contributed by atoms with van der Waals surface area (Å²) in [5, 5.41) is 9.39. The second-order valence-corrected chi connectivity index (χ2v) is 2.91. The predicted molar refractivity (Wildman–Crippen MR) is 75.4 cm³/mol. The van der Waals surface area contributed by atoms with Crippen molar-refractivity contribution < 1.29 is 4.74 Å². The van der Waals surface area contributed by atoms with E-state index in [-0.39, 0.29) is 0 Å². The Kier molecular flexibility index (Phi) is 14.0. The first-order valence-corrected chi connectivity index (χ1v) is 7.01. The quantitative estimate of drug-likeness (QED) is 0.782. The maximum Gasteiger partial charge on any atom is 0.140 e. The van der Waals surface area contributed by atoms with Gasteiger partial charge in [0, 0.05) is 17.6 Å². The van der Waals surface area contributed by atoms with E-state index < -0.39 is 0 Å². The summed E-state index contributed by atoms with van der Waals surface area (Å²) in [6.45, 7) is 10.4. The molecule has 96 valence electrons. The molecule has 0 aliphatic rings. The Morgan fingerprint density at radius 1 is 1.35 bits per heavy atom. The molecule has 0 radical (unpaired) electrons. The summed E-state index contributed by atoms with van der Waals surface area (Å²) in [4.78, 5) is 4.06. The number of rotatable bonds is 3. The molecule has 0 aromatic carbocycles. The summed E-state index contributed by atoms with van der Waals surface area (Å²) < 4.78 is 5.29. The first-order chi connectivity index (χ1) is 8.31. The minimum atomic E-state index is 0.478. The van der Waals surface area contributed by atoms with Gasteiger partial charge in [-0.3, -0.25) is 4.98 Å². The lowest BCUT2D eigenvalue weighted by molar-refractivity contribution is 0.338. The van der Waals surface area contributed by atoms with Crippen molar-refractivity contribution in [2.45, 2.75) is 39.9 Å². The summed E-state index contributed by atoms with van der Waals surface area (Å²) in [6.07, 6.45) is 1.53. The minimum absolute atomic E-state index is 0.478. The molecule has 4 heteroatoms. The van der Waals surface area contributed by atoms with Crippen molar-refractivity contribution in [2.24, 2.45) is 0 Å². The number of nitriles is 1. The van der Waals surface area contributed by atoms with Crippen LogP contribution in [0.3, 0.4) is 0 Å². The molecule has 1 aromatic rings. The predicted octanol–water partition coefficient (Wildman–Crippen LogP) is 4.30. The molecular formula is C13H21BrN2O. The second kappa shape index (κ2) is 13.0. The number of alkyl halides is 1. The maximum absolute atomic E-state index is 8.73. The fourth-order valence-electron chi connectivity index (χ4n) is 0.909. The van der Waals surface area contributed by atoms with Gasteiger partial charge in [-0.05, 0) is 6.92 Å². The Bertz CT molecular complexity index is 335. The molecule has 0 unspecified atom stereocenters. The third kappa shape index (κ3) is 6.96. The second-order valence-electron chi connectivity index (χ2n) is 2.35. The third-order valence-corrected chi connectivity index (χ3v) is 2.05. The lowest BCUT2D eigenvalue weighted by Gasteiger charge is -2.05. The van der Waals surface area contributed by atoms with Gasteiger partial charge in [-0.2, -0.15) is 5.26 Å². The average molecular weight is 301 g/mol. The first kappa shape index (κ1) is 18.3. The van der Waals surface area contributed by atoms with Gasteiger partial charge in [-0.25, -0.2) is 0 Å². The molecule has 1 heterocycles. The van der Waals surface area contributed by atoms with E-state index in [4.69, 9.17) is 10.00 Å². The van der Waals surface area contributed by atoms with Crippen LogP contribution in [-0.4, -0.2) is 11.6 Å². The number of nitrogens with zero attached hydrogens (tertiary/aromatic N) is 2. The summed E-state index contributed by atoms with van der Waals surface area (Å²) >= 11 is 3.29. The van der Waals surface area contributed by atoms with Gasteiger partial charge in [-0.15, -0.1) is 0 Å². The van der Waals surface area contributed by atoms with Crippen LogP contribution in [-0.2, 0) is 5.33 Å². The summed E-state index contributed by atoms with van der Waals surface area (Å²) in [5.74, 6) is 0.606. The fourth-order valence-corrected chi connectivity index (χ4v) is 1.22. The molecule has 0 amide bonds. The van der Waals surface area contributed by atoms with Gasteiger partial charge in [0.2, 0.25) is 0 Å². The summed E-state index contributed by atoms with van der Waals surface area (Å²) in [7, 11) is 0. The Labute approximate surface area is 113 Å². The molecule has 0 fully saturated rings. The molecule has 0 saturated heterocycles. The number of ether oxygens (including phenoxy) is 1. The number of hydrogen-bond acceptors (Lipinski definition) is 3. The maximum atomic E-state index is 8.73. The van der Waals surface area contributed by atoms with E-state index >= 15 is 0 Å². The Balaban J connectivity index is 0. The standard InChI is InChI=1S/C9H9BrN2O.2C2H6/c1-2-13-9-3-8(4-10)12-6-7(9)5-11;2*1-2/h3,6H,2,4H2,1H3;2*1-2H3. The molecule has 0 saturated carbocycles. The normalized spacial score (nSPS) is 7.82. The molecule has 1 rings (SSSR count). The van der Waals surface area contributed by atoms with Gasteiger partial charge in [0.25, 0.3) is 0 Å². The topological polar surface area (TPSA) is 45.9 Å². The summed E-state index contributed by atoms with van der Waals surface area (Å²) in [5.41, 5.74) is 1.34. The van der Waals surface area contributed by atoms with E-state index in [1.807, 2.05) is 40.7 Å². The first-order valence-electron chi connectivity index (χ1n) is 5.89. The van der Waals surface area contributed by atoms with E-state index in [9.17, 15) is 0 Å². The molecule has 0 aliphatic heterocycles. The summed E-state index contributed by atoms with van der Waals surface area (Å²) in [6, 6.07) is 3.80. The van der Waals surface area contributed by atoms with E-state index in [1.165, 1.54) is 6.20 Å². The Morgan fingerprint density at radius 2 is 1.94 bits per heavy atom. The molecular weight excluding hydrogens is 280 g/mol. The van der Waals surface area contributed by atoms with Crippen molar-refractivity contribution in [1.29, 1.82) is 5.26 Å². The molecule has 17 heavy (non-hydrogen) atoms. The van der Waals surface area contributed by atoms with Crippen molar-refractivity contribution in [3.05, 3.63) is 23.5 Å². The molecule has 0 atom stereocenters. The number of aromatic nitrogens is 1. The van der Waals surface area contributed by atoms with Crippen LogP contribution in [0.2, 0.25) is 0 Å². The highest BCUT2D eigenvalue weighted by Crippen LogP contribution is 2.18. The van der Waals surface area contributed by atoms with Gasteiger partial charge in [0.05, 0.1) is 12.3 Å². The zero-order valence-electron chi connectivity index (χ0n) is 11.2. The lowest BCUT2D eigenvalue weighted by atomic mass is 10.2. The van der Waals surface area contributed by atoms with Crippen LogP contribution in [0.1, 0.15) is 45.9 Å². The lowest BCUT2D eigenvalue weighted by Crippen LogP contribution is -1.97. The minimum Gasteiger partial charge on any atom is -0.492 e. The van der Waals surface area contributed by atoms with Crippen molar-refractivity contribution in [2.75, 3.05) is 6.61 Å². The van der Waals surface area contributed by atoms with Gasteiger partial charge >= 0.3 is 0 Å². The molecule has 0 aliphatic carbocycles. The highest BCUT2D eigenvalue weighted by Gasteiger charge is 2.04. The molecule has 0 spiro atoms.